The van der Waals surface area contributed by atoms with Crippen molar-refractivity contribution < 1.29 is 4.79 Å². The van der Waals surface area contributed by atoms with Gasteiger partial charge in [0.25, 0.3) is 0 Å². The molecule has 1 atom stereocenters. The summed E-state index contributed by atoms with van der Waals surface area (Å²) >= 11 is 8.41. The van der Waals surface area contributed by atoms with Gasteiger partial charge in [0.15, 0.2) is 0 Å². The SMILES string of the molecule is CCNC(=O)Cn1c(C(C)Cl)nc2cc(I)ccc21. The predicted octanol–water partition coefficient (Wildman–Crippen LogP) is 3.08. The fourth-order valence-electron chi connectivity index (χ4n) is 1.99. The Kier molecular flexibility index (Phi) is 4.67. The van der Waals surface area contributed by atoms with Crippen LogP contribution in [0.3, 0.4) is 0 Å². The number of hydrogen-bond donors (Lipinski definition) is 1. The minimum Gasteiger partial charge on any atom is -0.355 e. The summed E-state index contributed by atoms with van der Waals surface area (Å²) in [5.74, 6) is 0.698. The highest BCUT2D eigenvalue weighted by molar-refractivity contribution is 14.1. The average Bonchev–Trinajstić information content (AvgIpc) is 2.67. The van der Waals surface area contributed by atoms with Gasteiger partial charge in [-0.05, 0) is 54.6 Å². The Morgan fingerprint density at radius 3 is 2.95 bits per heavy atom. The standard InChI is InChI=1S/C13H15ClIN3O/c1-3-16-12(19)7-18-11-5-4-9(15)6-10(11)17-13(18)8(2)14/h4-6,8H,3,7H2,1-2H3,(H,16,19). The molecule has 1 heterocycles. The van der Waals surface area contributed by atoms with Crippen LogP contribution in [-0.2, 0) is 11.3 Å². The zero-order valence-electron chi connectivity index (χ0n) is 10.8. The number of hydrogen-bond acceptors (Lipinski definition) is 2. The summed E-state index contributed by atoms with van der Waals surface area (Å²) in [4.78, 5) is 16.3. The number of nitrogens with one attached hydrogen (secondary N) is 1. The molecule has 1 amide bonds. The number of nitrogens with zero attached hydrogens (tertiary/aromatic N) is 2. The molecule has 0 spiro atoms. The Hall–Kier alpha value is -0.820. The Morgan fingerprint density at radius 2 is 2.32 bits per heavy atom. The molecule has 0 fully saturated rings. The van der Waals surface area contributed by atoms with Crippen LogP contribution in [-0.4, -0.2) is 22.0 Å². The zero-order chi connectivity index (χ0) is 14.0. The molecule has 6 heteroatoms. The van der Waals surface area contributed by atoms with Crippen molar-refractivity contribution in [2.45, 2.75) is 25.8 Å². The first-order chi connectivity index (χ1) is 9.02. The highest BCUT2D eigenvalue weighted by atomic mass is 127. The van der Waals surface area contributed by atoms with Crippen LogP contribution in [0.15, 0.2) is 18.2 Å². The monoisotopic (exact) mass is 391 g/mol. The number of rotatable bonds is 4. The molecule has 0 aliphatic carbocycles. The number of fused-ring (bicyclic) bond motifs is 1. The molecule has 0 radical (unpaired) electrons. The summed E-state index contributed by atoms with van der Waals surface area (Å²) < 4.78 is 3.00. The van der Waals surface area contributed by atoms with Gasteiger partial charge >= 0.3 is 0 Å². The molecular formula is C13H15ClIN3O. The van der Waals surface area contributed by atoms with E-state index in [0.717, 1.165) is 20.4 Å². The van der Waals surface area contributed by atoms with E-state index in [1.807, 2.05) is 36.6 Å². The Labute approximate surface area is 130 Å². The van der Waals surface area contributed by atoms with Crippen LogP contribution in [0.1, 0.15) is 25.0 Å². The van der Waals surface area contributed by atoms with Crippen LogP contribution in [0.5, 0.6) is 0 Å². The molecule has 4 nitrogen and oxygen atoms in total. The lowest BCUT2D eigenvalue weighted by molar-refractivity contribution is -0.121. The molecule has 0 saturated heterocycles. The lowest BCUT2D eigenvalue weighted by Crippen LogP contribution is -2.27. The maximum absolute atomic E-state index is 11.8. The van der Waals surface area contributed by atoms with Gasteiger partial charge in [-0.25, -0.2) is 4.98 Å². The third-order valence-electron chi connectivity index (χ3n) is 2.77. The van der Waals surface area contributed by atoms with Gasteiger partial charge in [0.1, 0.15) is 12.4 Å². The minimum absolute atomic E-state index is 0.0288. The number of carbonyl (C=O) groups is 1. The predicted molar refractivity (Wildman–Crippen MR) is 85.4 cm³/mol. The van der Waals surface area contributed by atoms with E-state index >= 15 is 0 Å². The molecule has 1 N–H and O–H groups in total. The molecule has 0 bridgehead atoms. The van der Waals surface area contributed by atoms with Gasteiger partial charge in [-0.2, -0.15) is 0 Å². The van der Waals surface area contributed by atoms with E-state index < -0.39 is 0 Å². The minimum atomic E-state index is -0.237. The van der Waals surface area contributed by atoms with Gasteiger partial charge in [0.05, 0.1) is 16.4 Å². The van der Waals surface area contributed by atoms with Crippen molar-refractivity contribution in [2.75, 3.05) is 6.54 Å². The molecular weight excluding hydrogens is 377 g/mol. The number of likely N-dealkylation sites (N-methyl/N-ethyl adjacent to an activating group) is 1. The number of amides is 1. The van der Waals surface area contributed by atoms with E-state index in [1.54, 1.807) is 0 Å². The van der Waals surface area contributed by atoms with Crippen molar-refractivity contribution in [2.24, 2.45) is 0 Å². The molecule has 2 rings (SSSR count). The molecule has 1 aromatic carbocycles. The normalized spacial score (nSPS) is 12.6. The van der Waals surface area contributed by atoms with E-state index in [4.69, 9.17) is 11.6 Å². The van der Waals surface area contributed by atoms with Crippen LogP contribution < -0.4 is 5.32 Å². The second-order valence-corrected chi connectivity index (χ2v) is 6.16. The van der Waals surface area contributed by atoms with Gasteiger partial charge < -0.3 is 9.88 Å². The third-order valence-corrected chi connectivity index (χ3v) is 3.64. The lowest BCUT2D eigenvalue weighted by atomic mass is 10.3. The molecule has 0 aliphatic heterocycles. The summed E-state index contributed by atoms with van der Waals surface area (Å²) in [6.07, 6.45) is 0. The topological polar surface area (TPSA) is 46.9 Å². The van der Waals surface area contributed by atoms with Crippen LogP contribution in [0.4, 0.5) is 0 Å². The van der Waals surface area contributed by atoms with E-state index in [1.165, 1.54) is 0 Å². The summed E-state index contributed by atoms with van der Waals surface area (Å²) in [7, 11) is 0. The Morgan fingerprint density at radius 1 is 1.58 bits per heavy atom. The van der Waals surface area contributed by atoms with Crippen LogP contribution in [0.2, 0.25) is 0 Å². The molecule has 19 heavy (non-hydrogen) atoms. The maximum atomic E-state index is 11.8. The van der Waals surface area contributed by atoms with Crippen molar-refractivity contribution in [3.05, 3.63) is 27.6 Å². The first kappa shape index (κ1) is 14.6. The number of carbonyl (C=O) groups excluding carboxylic acids is 1. The Bertz CT molecular complexity index is 609. The van der Waals surface area contributed by atoms with Crippen molar-refractivity contribution in [1.29, 1.82) is 0 Å². The lowest BCUT2D eigenvalue weighted by Gasteiger charge is -2.10. The molecule has 1 unspecified atom stereocenters. The largest absolute Gasteiger partial charge is 0.355 e. The van der Waals surface area contributed by atoms with Gasteiger partial charge in [-0.1, -0.05) is 0 Å². The summed E-state index contributed by atoms with van der Waals surface area (Å²) in [5.41, 5.74) is 1.81. The number of halogens is 2. The Balaban J connectivity index is 2.49. The number of imidazole rings is 1. The average molecular weight is 392 g/mol. The first-order valence-electron chi connectivity index (χ1n) is 6.09. The van der Waals surface area contributed by atoms with Gasteiger partial charge in [0.2, 0.25) is 5.91 Å². The van der Waals surface area contributed by atoms with Crippen LogP contribution in [0, 0.1) is 3.57 Å². The maximum Gasteiger partial charge on any atom is 0.239 e. The van der Waals surface area contributed by atoms with Crippen LogP contribution in [0.25, 0.3) is 11.0 Å². The van der Waals surface area contributed by atoms with Gasteiger partial charge in [-0.3, -0.25) is 4.79 Å². The summed E-state index contributed by atoms with van der Waals surface area (Å²) in [5, 5.41) is 2.56. The number of benzene rings is 1. The second-order valence-electron chi connectivity index (χ2n) is 4.26. The fraction of sp³-hybridized carbons (Fsp3) is 0.385. The fourth-order valence-corrected chi connectivity index (χ4v) is 2.63. The van der Waals surface area contributed by atoms with Gasteiger partial charge in [0, 0.05) is 10.1 Å². The smallest absolute Gasteiger partial charge is 0.239 e. The van der Waals surface area contributed by atoms with E-state index in [9.17, 15) is 4.79 Å². The summed E-state index contributed by atoms with van der Waals surface area (Å²) in [6.45, 7) is 4.63. The second kappa shape index (κ2) is 6.09. The zero-order valence-corrected chi connectivity index (χ0v) is 13.7. The van der Waals surface area contributed by atoms with Crippen molar-refractivity contribution >= 4 is 51.1 Å². The van der Waals surface area contributed by atoms with Crippen molar-refractivity contribution in [3.63, 3.8) is 0 Å². The van der Waals surface area contributed by atoms with Crippen LogP contribution >= 0.6 is 34.2 Å². The summed E-state index contributed by atoms with van der Waals surface area (Å²) in [6, 6.07) is 5.97. The first-order valence-corrected chi connectivity index (χ1v) is 7.61. The molecule has 0 aliphatic rings. The van der Waals surface area contributed by atoms with E-state index in [2.05, 4.69) is 32.9 Å². The molecule has 1 aromatic heterocycles. The molecule has 2 aromatic rings. The van der Waals surface area contributed by atoms with Crippen molar-refractivity contribution in [3.8, 4) is 0 Å². The van der Waals surface area contributed by atoms with Gasteiger partial charge in [-0.15, -0.1) is 11.6 Å². The number of alkyl halides is 1. The molecule has 0 saturated carbocycles. The molecule has 102 valence electrons. The highest BCUT2D eigenvalue weighted by Crippen LogP contribution is 2.25. The van der Waals surface area contributed by atoms with E-state index in [-0.39, 0.29) is 17.8 Å². The van der Waals surface area contributed by atoms with Crippen molar-refractivity contribution in [1.82, 2.24) is 14.9 Å². The number of aromatic nitrogens is 2. The quantitative estimate of drug-likeness (QED) is 0.643. The van der Waals surface area contributed by atoms with E-state index in [0.29, 0.717) is 6.54 Å². The highest BCUT2D eigenvalue weighted by Gasteiger charge is 2.16. The third kappa shape index (κ3) is 3.20.